The highest BCUT2D eigenvalue weighted by Gasteiger charge is 2.04. The van der Waals surface area contributed by atoms with Gasteiger partial charge in [-0.15, -0.1) is 0 Å². The first-order valence-electron chi connectivity index (χ1n) is 6.15. The third-order valence-corrected chi connectivity index (χ3v) is 2.91. The van der Waals surface area contributed by atoms with Crippen molar-refractivity contribution in [1.82, 2.24) is 0 Å². The smallest absolute Gasteiger partial charge is 0.337 e. The van der Waals surface area contributed by atoms with E-state index in [-0.39, 0.29) is 5.97 Å². The number of nitriles is 1. The summed E-state index contributed by atoms with van der Waals surface area (Å²) >= 11 is 0. The summed E-state index contributed by atoms with van der Waals surface area (Å²) in [5, 5.41) is 12.2. The van der Waals surface area contributed by atoms with Crippen LogP contribution in [-0.2, 0) is 11.3 Å². The number of anilines is 1. The average molecular weight is 266 g/mol. The van der Waals surface area contributed by atoms with Crippen molar-refractivity contribution in [2.45, 2.75) is 6.54 Å². The number of para-hydroxylation sites is 1. The lowest BCUT2D eigenvalue weighted by Gasteiger charge is -2.08. The zero-order valence-corrected chi connectivity index (χ0v) is 11.1. The van der Waals surface area contributed by atoms with Crippen LogP contribution in [0.15, 0.2) is 48.5 Å². The van der Waals surface area contributed by atoms with Crippen molar-refractivity contribution in [3.63, 3.8) is 0 Å². The Hall–Kier alpha value is -2.80. The second kappa shape index (κ2) is 6.39. The van der Waals surface area contributed by atoms with Crippen molar-refractivity contribution in [2.75, 3.05) is 12.4 Å². The zero-order valence-electron chi connectivity index (χ0n) is 11.1. The van der Waals surface area contributed by atoms with Gasteiger partial charge in [-0.25, -0.2) is 4.79 Å². The van der Waals surface area contributed by atoms with E-state index >= 15 is 0 Å². The largest absolute Gasteiger partial charge is 0.465 e. The fourth-order valence-electron chi connectivity index (χ4n) is 1.81. The molecule has 0 fully saturated rings. The summed E-state index contributed by atoms with van der Waals surface area (Å²) in [6.45, 7) is 0.583. The number of hydrogen-bond acceptors (Lipinski definition) is 4. The van der Waals surface area contributed by atoms with Crippen LogP contribution in [0.25, 0.3) is 0 Å². The van der Waals surface area contributed by atoms with Gasteiger partial charge in [-0.1, -0.05) is 24.3 Å². The first kappa shape index (κ1) is 13.6. The molecule has 2 rings (SSSR count). The molecule has 4 heteroatoms. The van der Waals surface area contributed by atoms with Crippen molar-refractivity contribution in [3.05, 3.63) is 65.2 Å². The second-order valence-corrected chi connectivity index (χ2v) is 4.20. The molecule has 0 bridgehead atoms. The van der Waals surface area contributed by atoms with Crippen LogP contribution < -0.4 is 5.32 Å². The lowest BCUT2D eigenvalue weighted by Crippen LogP contribution is -2.03. The maximum atomic E-state index is 11.3. The number of benzene rings is 2. The van der Waals surface area contributed by atoms with Crippen LogP contribution in [0.1, 0.15) is 21.5 Å². The molecule has 0 amide bonds. The van der Waals surface area contributed by atoms with Crippen LogP contribution in [0.2, 0.25) is 0 Å². The van der Waals surface area contributed by atoms with Gasteiger partial charge in [-0.05, 0) is 29.8 Å². The molecule has 0 spiro atoms. The number of esters is 1. The summed E-state index contributed by atoms with van der Waals surface area (Å²) in [5.41, 5.74) is 2.95. The number of nitrogens with zero attached hydrogens (tertiary/aromatic N) is 1. The minimum atomic E-state index is -0.348. The maximum absolute atomic E-state index is 11.3. The number of carbonyl (C=O) groups is 1. The lowest BCUT2D eigenvalue weighted by molar-refractivity contribution is 0.0600. The molecule has 0 aliphatic carbocycles. The third-order valence-electron chi connectivity index (χ3n) is 2.91. The molecule has 0 unspecified atom stereocenters. The van der Waals surface area contributed by atoms with Gasteiger partial charge in [0.25, 0.3) is 0 Å². The Morgan fingerprint density at radius 3 is 2.55 bits per heavy atom. The third kappa shape index (κ3) is 3.15. The predicted octanol–water partition coefficient (Wildman–Crippen LogP) is 2.96. The van der Waals surface area contributed by atoms with E-state index in [0.717, 1.165) is 11.3 Å². The Kier molecular flexibility index (Phi) is 4.35. The average Bonchev–Trinajstić information content (AvgIpc) is 2.53. The normalized spacial score (nSPS) is 9.60. The van der Waals surface area contributed by atoms with Gasteiger partial charge in [0.2, 0.25) is 0 Å². The highest BCUT2D eigenvalue weighted by molar-refractivity contribution is 5.89. The Morgan fingerprint density at radius 1 is 1.20 bits per heavy atom. The van der Waals surface area contributed by atoms with Crippen molar-refractivity contribution >= 4 is 11.7 Å². The van der Waals surface area contributed by atoms with E-state index in [2.05, 4.69) is 16.1 Å². The molecule has 0 saturated carbocycles. The predicted molar refractivity (Wildman–Crippen MR) is 76.3 cm³/mol. The number of rotatable bonds is 4. The number of methoxy groups -OCH3 is 1. The Morgan fingerprint density at radius 2 is 1.90 bits per heavy atom. The van der Waals surface area contributed by atoms with Crippen LogP contribution >= 0.6 is 0 Å². The summed E-state index contributed by atoms with van der Waals surface area (Å²) in [6.07, 6.45) is 0. The van der Waals surface area contributed by atoms with E-state index in [4.69, 9.17) is 5.26 Å². The van der Waals surface area contributed by atoms with Crippen LogP contribution in [-0.4, -0.2) is 13.1 Å². The van der Waals surface area contributed by atoms with E-state index in [1.54, 1.807) is 18.2 Å². The number of ether oxygens (including phenoxy) is 1. The number of carbonyl (C=O) groups excluding carboxylic acids is 1. The molecule has 0 aliphatic rings. The van der Waals surface area contributed by atoms with E-state index in [0.29, 0.717) is 17.7 Å². The highest BCUT2D eigenvalue weighted by atomic mass is 16.5. The van der Waals surface area contributed by atoms with Crippen molar-refractivity contribution in [1.29, 1.82) is 5.26 Å². The van der Waals surface area contributed by atoms with Gasteiger partial charge in [0, 0.05) is 6.54 Å². The summed E-state index contributed by atoms with van der Waals surface area (Å²) in [4.78, 5) is 11.3. The first-order chi connectivity index (χ1) is 9.74. The molecule has 0 heterocycles. The molecule has 0 radical (unpaired) electrons. The first-order valence-corrected chi connectivity index (χ1v) is 6.15. The molecular formula is C16H14N2O2. The molecule has 100 valence electrons. The Balaban J connectivity index is 2.04. The standard InChI is InChI=1S/C16H14N2O2/c1-20-16(19)13-8-6-12(7-9-13)11-18-15-5-3-2-4-14(15)10-17/h2-9,18H,11H2,1H3. The van der Waals surface area contributed by atoms with E-state index < -0.39 is 0 Å². The van der Waals surface area contributed by atoms with Gasteiger partial charge in [0.05, 0.1) is 23.9 Å². The maximum Gasteiger partial charge on any atom is 0.337 e. The van der Waals surface area contributed by atoms with Gasteiger partial charge in [-0.3, -0.25) is 0 Å². The summed E-state index contributed by atoms with van der Waals surface area (Å²) in [6, 6.07) is 16.6. The molecule has 2 aromatic carbocycles. The minimum Gasteiger partial charge on any atom is -0.465 e. The second-order valence-electron chi connectivity index (χ2n) is 4.20. The topological polar surface area (TPSA) is 62.1 Å². The van der Waals surface area contributed by atoms with Crippen molar-refractivity contribution in [3.8, 4) is 6.07 Å². The Labute approximate surface area is 117 Å². The summed E-state index contributed by atoms with van der Waals surface area (Å²) < 4.78 is 4.65. The van der Waals surface area contributed by atoms with Gasteiger partial charge in [0.15, 0.2) is 0 Å². The number of nitrogens with one attached hydrogen (secondary N) is 1. The SMILES string of the molecule is COC(=O)c1ccc(CNc2ccccc2C#N)cc1. The monoisotopic (exact) mass is 266 g/mol. The quantitative estimate of drug-likeness (QED) is 0.864. The van der Waals surface area contributed by atoms with Crippen LogP contribution in [0.3, 0.4) is 0 Å². The molecule has 0 atom stereocenters. The Bertz CT molecular complexity index is 642. The molecule has 0 aliphatic heterocycles. The molecule has 4 nitrogen and oxygen atoms in total. The number of hydrogen-bond donors (Lipinski definition) is 1. The molecule has 1 N–H and O–H groups in total. The highest BCUT2D eigenvalue weighted by Crippen LogP contribution is 2.15. The molecule has 0 saturated heterocycles. The van der Waals surface area contributed by atoms with Crippen LogP contribution in [0, 0.1) is 11.3 Å². The lowest BCUT2D eigenvalue weighted by atomic mass is 10.1. The molecule has 20 heavy (non-hydrogen) atoms. The molecular weight excluding hydrogens is 252 g/mol. The van der Waals surface area contributed by atoms with Gasteiger partial charge < -0.3 is 10.1 Å². The van der Waals surface area contributed by atoms with E-state index in [1.165, 1.54) is 7.11 Å². The minimum absolute atomic E-state index is 0.348. The fraction of sp³-hybridized carbons (Fsp3) is 0.125. The fourth-order valence-corrected chi connectivity index (χ4v) is 1.81. The van der Waals surface area contributed by atoms with Gasteiger partial charge in [0.1, 0.15) is 6.07 Å². The summed E-state index contributed by atoms with van der Waals surface area (Å²) in [5.74, 6) is -0.348. The van der Waals surface area contributed by atoms with Crippen LogP contribution in [0.4, 0.5) is 5.69 Å². The van der Waals surface area contributed by atoms with Gasteiger partial charge >= 0.3 is 5.97 Å². The molecule has 0 aromatic heterocycles. The summed E-state index contributed by atoms with van der Waals surface area (Å²) in [7, 11) is 1.36. The van der Waals surface area contributed by atoms with Gasteiger partial charge in [-0.2, -0.15) is 5.26 Å². The van der Waals surface area contributed by atoms with E-state index in [1.807, 2.05) is 30.3 Å². The van der Waals surface area contributed by atoms with Crippen LogP contribution in [0.5, 0.6) is 0 Å². The van der Waals surface area contributed by atoms with E-state index in [9.17, 15) is 4.79 Å². The van der Waals surface area contributed by atoms with Crippen molar-refractivity contribution in [2.24, 2.45) is 0 Å². The van der Waals surface area contributed by atoms with Crippen molar-refractivity contribution < 1.29 is 9.53 Å². The molecule has 2 aromatic rings. The zero-order chi connectivity index (χ0) is 14.4.